The smallest absolute Gasteiger partial charge is 0.324 e. The van der Waals surface area contributed by atoms with Crippen LogP contribution in [0.3, 0.4) is 0 Å². The average Bonchev–Trinajstić information content (AvgIpc) is 2.58. The fourth-order valence-electron chi connectivity index (χ4n) is 2.13. The van der Waals surface area contributed by atoms with E-state index < -0.39 is 0 Å². The summed E-state index contributed by atoms with van der Waals surface area (Å²) in [4.78, 5) is 26.3. The lowest BCUT2D eigenvalue weighted by molar-refractivity contribution is -0.125. The van der Waals surface area contributed by atoms with Gasteiger partial charge in [-0.2, -0.15) is 0 Å². The van der Waals surface area contributed by atoms with Crippen molar-refractivity contribution in [1.29, 1.82) is 0 Å². The monoisotopic (exact) mass is 226 g/mol. The molecule has 16 heavy (non-hydrogen) atoms. The Hall–Kier alpha value is -1.14. The molecule has 1 unspecified atom stereocenters. The minimum Gasteiger partial charge on any atom is -0.329 e. The van der Waals surface area contributed by atoms with E-state index in [4.69, 9.17) is 0 Å². The average molecular weight is 226 g/mol. The molecule has 2 rings (SSSR count). The largest absolute Gasteiger partial charge is 0.329 e. The molecule has 2 aliphatic heterocycles. The van der Waals surface area contributed by atoms with Gasteiger partial charge in [0.1, 0.15) is 0 Å². The Kier molecular flexibility index (Phi) is 3.40. The third kappa shape index (κ3) is 2.33. The second-order valence-electron chi connectivity index (χ2n) is 4.29. The van der Waals surface area contributed by atoms with Crippen molar-refractivity contribution < 1.29 is 9.59 Å². The minimum absolute atomic E-state index is 0.118. The van der Waals surface area contributed by atoms with Gasteiger partial charge >= 0.3 is 6.03 Å². The summed E-state index contributed by atoms with van der Waals surface area (Å²) in [5, 5.41) is 5.83. The highest BCUT2D eigenvalue weighted by molar-refractivity contribution is 6.01. The predicted molar refractivity (Wildman–Crippen MR) is 59.0 cm³/mol. The summed E-state index contributed by atoms with van der Waals surface area (Å²) in [6.45, 7) is 6.49. The molecule has 0 bridgehead atoms. The van der Waals surface area contributed by atoms with E-state index in [0.717, 1.165) is 26.2 Å². The van der Waals surface area contributed by atoms with Crippen molar-refractivity contribution in [3.8, 4) is 0 Å². The van der Waals surface area contributed by atoms with Crippen LogP contribution in [0.4, 0.5) is 4.79 Å². The SMILES string of the molecule is CC1CNCCN1CCN1C(=O)CNC1=O. The number of urea groups is 1. The molecule has 2 fully saturated rings. The molecule has 2 heterocycles. The molecular weight excluding hydrogens is 208 g/mol. The Bertz CT molecular complexity index is 279. The van der Waals surface area contributed by atoms with Crippen molar-refractivity contribution in [2.75, 3.05) is 39.3 Å². The molecule has 2 saturated heterocycles. The van der Waals surface area contributed by atoms with Crippen molar-refractivity contribution in [2.45, 2.75) is 13.0 Å². The number of imide groups is 1. The molecule has 2 N–H and O–H groups in total. The van der Waals surface area contributed by atoms with E-state index in [9.17, 15) is 9.59 Å². The van der Waals surface area contributed by atoms with Crippen LogP contribution < -0.4 is 10.6 Å². The number of carbonyl (C=O) groups excluding carboxylic acids is 2. The van der Waals surface area contributed by atoms with Crippen LogP contribution in [0.1, 0.15) is 6.92 Å². The Morgan fingerprint density at radius 3 is 2.81 bits per heavy atom. The van der Waals surface area contributed by atoms with Gasteiger partial charge in [0.2, 0.25) is 5.91 Å². The highest BCUT2D eigenvalue weighted by Gasteiger charge is 2.29. The van der Waals surface area contributed by atoms with E-state index >= 15 is 0 Å². The second-order valence-corrected chi connectivity index (χ2v) is 4.29. The van der Waals surface area contributed by atoms with E-state index in [1.54, 1.807) is 0 Å². The Labute approximate surface area is 95.0 Å². The normalized spacial score (nSPS) is 27.3. The molecule has 6 heteroatoms. The molecule has 0 radical (unpaired) electrons. The van der Waals surface area contributed by atoms with Crippen LogP contribution in [-0.4, -0.2) is 67.0 Å². The van der Waals surface area contributed by atoms with Crippen molar-refractivity contribution >= 4 is 11.9 Å². The summed E-state index contributed by atoms with van der Waals surface area (Å²) in [6.07, 6.45) is 0. The molecule has 0 aromatic rings. The van der Waals surface area contributed by atoms with Gasteiger partial charge in [-0.1, -0.05) is 0 Å². The maximum atomic E-state index is 11.4. The first-order valence-electron chi connectivity index (χ1n) is 5.71. The third-order valence-corrected chi connectivity index (χ3v) is 3.19. The molecule has 0 spiro atoms. The zero-order valence-corrected chi connectivity index (χ0v) is 9.53. The zero-order valence-electron chi connectivity index (χ0n) is 9.53. The summed E-state index contributed by atoms with van der Waals surface area (Å²) in [6, 6.07) is 0.210. The van der Waals surface area contributed by atoms with Gasteiger partial charge in [0.25, 0.3) is 0 Å². The Balaban J connectivity index is 1.82. The van der Waals surface area contributed by atoms with Crippen LogP contribution in [0.5, 0.6) is 0 Å². The topological polar surface area (TPSA) is 64.7 Å². The van der Waals surface area contributed by atoms with E-state index in [1.165, 1.54) is 4.90 Å². The number of hydrogen-bond donors (Lipinski definition) is 2. The number of nitrogens with zero attached hydrogens (tertiary/aromatic N) is 2. The van der Waals surface area contributed by atoms with Gasteiger partial charge in [-0.25, -0.2) is 4.79 Å². The van der Waals surface area contributed by atoms with E-state index in [2.05, 4.69) is 22.5 Å². The number of piperazine rings is 1. The van der Waals surface area contributed by atoms with Gasteiger partial charge in [-0.3, -0.25) is 14.6 Å². The summed E-state index contributed by atoms with van der Waals surface area (Å²) in [5.41, 5.74) is 0. The first-order chi connectivity index (χ1) is 7.68. The van der Waals surface area contributed by atoms with Gasteiger partial charge in [0.05, 0.1) is 6.54 Å². The number of hydrogen-bond acceptors (Lipinski definition) is 4. The van der Waals surface area contributed by atoms with Gasteiger partial charge < -0.3 is 10.6 Å². The Morgan fingerprint density at radius 2 is 2.19 bits per heavy atom. The molecule has 2 aliphatic rings. The maximum absolute atomic E-state index is 11.4. The molecule has 0 aromatic heterocycles. The van der Waals surface area contributed by atoms with Gasteiger partial charge in [-0.05, 0) is 6.92 Å². The highest BCUT2D eigenvalue weighted by Crippen LogP contribution is 2.04. The van der Waals surface area contributed by atoms with E-state index in [0.29, 0.717) is 12.6 Å². The van der Waals surface area contributed by atoms with E-state index in [1.807, 2.05) is 0 Å². The van der Waals surface area contributed by atoms with Crippen molar-refractivity contribution in [1.82, 2.24) is 20.4 Å². The Morgan fingerprint density at radius 1 is 1.38 bits per heavy atom. The molecule has 0 aromatic carbocycles. The number of rotatable bonds is 3. The summed E-state index contributed by atoms with van der Waals surface area (Å²) < 4.78 is 0. The second kappa shape index (κ2) is 4.80. The molecule has 0 aliphatic carbocycles. The number of nitrogens with one attached hydrogen (secondary N) is 2. The van der Waals surface area contributed by atoms with E-state index in [-0.39, 0.29) is 18.5 Å². The standard InChI is InChI=1S/C10H18N4O2/c1-8-6-11-2-3-13(8)4-5-14-9(15)7-12-10(14)16/h8,11H,2-7H2,1H3,(H,12,16). The fourth-order valence-corrected chi connectivity index (χ4v) is 2.13. The van der Waals surface area contributed by atoms with Gasteiger partial charge in [-0.15, -0.1) is 0 Å². The van der Waals surface area contributed by atoms with Crippen LogP contribution in [0.15, 0.2) is 0 Å². The molecule has 3 amide bonds. The minimum atomic E-state index is -0.257. The molecule has 90 valence electrons. The van der Waals surface area contributed by atoms with Crippen molar-refractivity contribution in [3.05, 3.63) is 0 Å². The first kappa shape index (κ1) is 11.3. The summed E-state index contributed by atoms with van der Waals surface area (Å²) >= 11 is 0. The van der Waals surface area contributed by atoms with Crippen LogP contribution >= 0.6 is 0 Å². The van der Waals surface area contributed by atoms with Crippen LogP contribution in [-0.2, 0) is 4.79 Å². The van der Waals surface area contributed by atoms with Crippen molar-refractivity contribution in [2.24, 2.45) is 0 Å². The number of carbonyl (C=O) groups is 2. The zero-order chi connectivity index (χ0) is 11.5. The molecule has 1 atom stereocenters. The van der Waals surface area contributed by atoms with Crippen molar-refractivity contribution in [3.63, 3.8) is 0 Å². The lowest BCUT2D eigenvalue weighted by Gasteiger charge is -2.34. The molecular formula is C10H18N4O2. The summed E-state index contributed by atoms with van der Waals surface area (Å²) in [5.74, 6) is -0.118. The van der Waals surface area contributed by atoms with Crippen LogP contribution in [0.2, 0.25) is 0 Å². The third-order valence-electron chi connectivity index (χ3n) is 3.19. The van der Waals surface area contributed by atoms with Gasteiger partial charge in [0, 0.05) is 38.8 Å². The lowest BCUT2D eigenvalue weighted by Crippen LogP contribution is -2.52. The predicted octanol–water partition coefficient (Wildman–Crippen LogP) is -1.17. The fraction of sp³-hybridized carbons (Fsp3) is 0.800. The first-order valence-corrected chi connectivity index (χ1v) is 5.71. The van der Waals surface area contributed by atoms with Crippen LogP contribution in [0, 0.1) is 0 Å². The highest BCUT2D eigenvalue weighted by atomic mass is 16.2. The van der Waals surface area contributed by atoms with Gasteiger partial charge in [0.15, 0.2) is 0 Å². The lowest BCUT2D eigenvalue weighted by atomic mass is 10.2. The molecule has 6 nitrogen and oxygen atoms in total. The van der Waals surface area contributed by atoms with Crippen LogP contribution in [0.25, 0.3) is 0 Å². The maximum Gasteiger partial charge on any atom is 0.324 e. The quantitative estimate of drug-likeness (QED) is 0.595. The molecule has 0 saturated carbocycles. The number of amides is 3. The summed E-state index contributed by atoms with van der Waals surface area (Å²) in [7, 11) is 0.